The Morgan fingerprint density at radius 3 is 2.45 bits per heavy atom. The summed E-state index contributed by atoms with van der Waals surface area (Å²) in [6, 6.07) is 5.28. The molecule has 0 N–H and O–H groups in total. The van der Waals surface area contributed by atoms with Crippen LogP contribution in [0.15, 0.2) is 22.7 Å². The van der Waals surface area contributed by atoms with Crippen LogP contribution in [0.4, 0.5) is 0 Å². The lowest BCUT2D eigenvalue weighted by Crippen LogP contribution is -2.10. The summed E-state index contributed by atoms with van der Waals surface area (Å²) in [4.78, 5) is 11.8. The van der Waals surface area contributed by atoms with Gasteiger partial charge in [0.1, 0.15) is 5.75 Å². The van der Waals surface area contributed by atoms with Gasteiger partial charge in [-0.15, -0.1) is 0 Å². The van der Waals surface area contributed by atoms with Gasteiger partial charge in [0.05, 0.1) is 23.2 Å². The van der Waals surface area contributed by atoms with Crippen molar-refractivity contribution in [3.8, 4) is 5.75 Å². The Morgan fingerprint density at radius 1 is 1.20 bits per heavy atom. The molecule has 20 heavy (non-hydrogen) atoms. The maximum absolute atomic E-state index is 11.8. The maximum atomic E-state index is 11.8. The van der Waals surface area contributed by atoms with E-state index in [1.54, 1.807) is 18.2 Å². The van der Waals surface area contributed by atoms with Crippen LogP contribution in [0.2, 0.25) is 0 Å². The molecule has 0 aromatic heterocycles. The number of carbonyl (C=O) groups is 1. The molecular formula is C16H23BrO3. The first-order valence-electron chi connectivity index (χ1n) is 6.99. The van der Waals surface area contributed by atoms with Gasteiger partial charge in [0, 0.05) is 0 Å². The largest absolute Gasteiger partial charge is 0.492 e. The summed E-state index contributed by atoms with van der Waals surface area (Å²) >= 11 is 3.43. The van der Waals surface area contributed by atoms with E-state index >= 15 is 0 Å². The van der Waals surface area contributed by atoms with E-state index in [1.807, 2.05) is 13.8 Å². The predicted molar refractivity (Wildman–Crippen MR) is 84.2 cm³/mol. The number of hydrogen-bond acceptors (Lipinski definition) is 3. The highest BCUT2D eigenvalue weighted by Crippen LogP contribution is 2.26. The van der Waals surface area contributed by atoms with E-state index in [4.69, 9.17) is 9.47 Å². The van der Waals surface area contributed by atoms with Crippen molar-refractivity contribution in [2.75, 3.05) is 13.2 Å². The lowest BCUT2D eigenvalue weighted by molar-refractivity contribution is 0.0459. The van der Waals surface area contributed by atoms with Crippen LogP contribution in [0.25, 0.3) is 0 Å². The zero-order chi connectivity index (χ0) is 15.1. The second-order valence-electron chi connectivity index (χ2n) is 5.67. The molecule has 0 unspecified atom stereocenters. The highest BCUT2D eigenvalue weighted by Gasteiger charge is 2.11. The highest BCUT2D eigenvalue weighted by molar-refractivity contribution is 9.10. The van der Waals surface area contributed by atoms with Crippen molar-refractivity contribution in [2.24, 2.45) is 11.8 Å². The van der Waals surface area contributed by atoms with E-state index in [0.717, 1.165) is 16.6 Å². The average molecular weight is 343 g/mol. The van der Waals surface area contributed by atoms with Crippen LogP contribution in [-0.2, 0) is 4.74 Å². The minimum Gasteiger partial charge on any atom is -0.492 e. The Labute approximate surface area is 129 Å². The molecule has 0 amide bonds. The second kappa shape index (κ2) is 8.30. The fraction of sp³-hybridized carbons (Fsp3) is 0.562. The summed E-state index contributed by atoms with van der Waals surface area (Å²) in [5.74, 6) is 1.40. The minimum atomic E-state index is -0.298. The summed E-state index contributed by atoms with van der Waals surface area (Å²) in [6.45, 7) is 9.44. The standard InChI is InChI=1S/C16H23BrO3/c1-11(2)7-8-19-15-6-5-13(9-14(15)17)16(18)20-10-12(3)4/h5-6,9,11-12H,7-8,10H2,1-4H3. The van der Waals surface area contributed by atoms with Crippen LogP contribution in [-0.4, -0.2) is 19.2 Å². The molecule has 0 spiro atoms. The Balaban J connectivity index is 2.60. The van der Waals surface area contributed by atoms with Gasteiger partial charge in [0.2, 0.25) is 0 Å². The number of carbonyl (C=O) groups excluding carboxylic acids is 1. The predicted octanol–water partition coefficient (Wildman–Crippen LogP) is 4.69. The quantitative estimate of drug-likeness (QED) is 0.674. The van der Waals surface area contributed by atoms with Crippen LogP contribution < -0.4 is 4.74 Å². The van der Waals surface area contributed by atoms with Crippen LogP contribution in [0, 0.1) is 11.8 Å². The first-order chi connectivity index (χ1) is 9.40. The van der Waals surface area contributed by atoms with Crippen LogP contribution in [0.5, 0.6) is 5.75 Å². The third-order valence-corrected chi connectivity index (χ3v) is 3.29. The van der Waals surface area contributed by atoms with Gasteiger partial charge >= 0.3 is 5.97 Å². The molecule has 0 bridgehead atoms. The summed E-state index contributed by atoms with van der Waals surface area (Å²) < 4.78 is 11.7. The van der Waals surface area contributed by atoms with Gasteiger partial charge in [-0.05, 0) is 52.4 Å². The van der Waals surface area contributed by atoms with Crippen molar-refractivity contribution in [1.29, 1.82) is 0 Å². The minimum absolute atomic E-state index is 0.298. The molecule has 0 heterocycles. The van der Waals surface area contributed by atoms with Crippen molar-refractivity contribution in [3.05, 3.63) is 28.2 Å². The third-order valence-electron chi connectivity index (χ3n) is 2.67. The zero-order valence-electron chi connectivity index (χ0n) is 12.6. The molecule has 0 aliphatic heterocycles. The number of ether oxygens (including phenoxy) is 2. The summed E-state index contributed by atoms with van der Waals surface area (Å²) in [6.07, 6.45) is 1.00. The first kappa shape index (κ1) is 17.0. The van der Waals surface area contributed by atoms with Crippen molar-refractivity contribution < 1.29 is 14.3 Å². The van der Waals surface area contributed by atoms with Crippen LogP contribution in [0.3, 0.4) is 0 Å². The van der Waals surface area contributed by atoms with Gasteiger partial charge in [-0.1, -0.05) is 27.7 Å². The molecule has 0 aliphatic carbocycles. The number of benzene rings is 1. The molecule has 0 saturated heterocycles. The molecule has 0 fully saturated rings. The van der Waals surface area contributed by atoms with Gasteiger partial charge in [-0.2, -0.15) is 0 Å². The third kappa shape index (κ3) is 5.95. The lowest BCUT2D eigenvalue weighted by Gasteiger charge is -2.11. The van der Waals surface area contributed by atoms with Crippen molar-refractivity contribution in [1.82, 2.24) is 0 Å². The second-order valence-corrected chi connectivity index (χ2v) is 6.52. The van der Waals surface area contributed by atoms with E-state index < -0.39 is 0 Å². The fourth-order valence-electron chi connectivity index (χ4n) is 1.48. The van der Waals surface area contributed by atoms with Gasteiger partial charge < -0.3 is 9.47 Å². The molecular weight excluding hydrogens is 320 g/mol. The molecule has 0 radical (unpaired) electrons. The number of rotatable bonds is 7. The average Bonchev–Trinajstić information content (AvgIpc) is 2.37. The van der Waals surface area contributed by atoms with Crippen LogP contribution in [0.1, 0.15) is 44.5 Å². The Morgan fingerprint density at radius 2 is 1.90 bits per heavy atom. The van der Waals surface area contributed by atoms with Gasteiger partial charge in [-0.25, -0.2) is 4.79 Å². The van der Waals surface area contributed by atoms with Crippen molar-refractivity contribution in [2.45, 2.75) is 34.1 Å². The van der Waals surface area contributed by atoms with E-state index in [1.165, 1.54) is 0 Å². The van der Waals surface area contributed by atoms with E-state index in [-0.39, 0.29) is 5.97 Å². The van der Waals surface area contributed by atoms with Gasteiger partial charge in [0.15, 0.2) is 0 Å². The molecule has 112 valence electrons. The molecule has 0 saturated carbocycles. The van der Waals surface area contributed by atoms with Crippen molar-refractivity contribution in [3.63, 3.8) is 0 Å². The van der Waals surface area contributed by atoms with Crippen molar-refractivity contribution >= 4 is 21.9 Å². The fourth-order valence-corrected chi connectivity index (χ4v) is 1.97. The Bertz CT molecular complexity index is 441. The Hall–Kier alpha value is -1.03. The number of halogens is 1. The molecule has 1 rings (SSSR count). The zero-order valence-corrected chi connectivity index (χ0v) is 14.2. The number of esters is 1. The Kier molecular flexibility index (Phi) is 7.06. The van der Waals surface area contributed by atoms with Gasteiger partial charge in [-0.3, -0.25) is 0 Å². The molecule has 1 aromatic carbocycles. The number of hydrogen-bond donors (Lipinski definition) is 0. The summed E-state index contributed by atoms with van der Waals surface area (Å²) in [5, 5.41) is 0. The molecule has 4 heteroatoms. The van der Waals surface area contributed by atoms with Gasteiger partial charge in [0.25, 0.3) is 0 Å². The molecule has 3 nitrogen and oxygen atoms in total. The maximum Gasteiger partial charge on any atom is 0.338 e. The summed E-state index contributed by atoms with van der Waals surface area (Å²) in [5.41, 5.74) is 0.536. The van der Waals surface area contributed by atoms with E-state index in [9.17, 15) is 4.79 Å². The normalized spacial score (nSPS) is 10.9. The molecule has 1 aromatic rings. The van der Waals surface area contributed by atoms with Crippen LogP contribution >= 0.6 is 15.9 Å². The smallest absolute Gasteiger partial charge is 0.338 e. The summed E-state index contributed by atoms with van der Waals surface area (Å²) in [7, 11) is 0. The molecule has 0 aliphatic rings. The topological polar surface area (TPSA) is 35.5 Å². The van der Waals surface area contributed by atoms with E-state index in [2.05, 4.69) is 29.8 Å². The highest BCUT2D eigenvalue weighted by atomic mass is 79.9. The SMILES string of the molecule is CC(C)CCOc1ccc(C(=O)OCC(C)C)cc1Br. The first-order valence-corrected chi connectivity index (χ1v) is 7.79. The monoisotopic (exact) mass is 342 g/mol. The van der Waals surface area contributed by atoms with E-state index in [0.29, 0.717) is 30.6 Å². The lowest BCUT2D eigenvalue weighted by atomic mass is 10.1. The molecule has 0 atom stereocenters.